The van der Waals surface area contributed by atoms with E-state index in [0.29, 0.717) is 5.91 Å². The van der Waals surface area contributed by atoms with E-state index >= 15 is 0 Å². The molecule has 0 aromatic carbocycles. The third kappa shape index (κ3) is 3.71. The van der Waals surface area contributed by atoms with Crippen molar-refractivity contribution in [1.82, 2.24) is 19.9 Å². The molecule has 1 aromatic rings. The Hall–Kier alpha value is -1.89. The largest absolute Gasteiger partial charge is 0.361 e. The number of hydrogen-bond donors (Lipinski definition) is 0. The van der Waals surface area contributed by atoms with Gasteiger partial charge in [0, 0.05) is 44.8 Å². The molecule has 2 saturated heterocycles. The van der Waals surface area contributed by atoms with Crippen LogP contribution < -0.4 is 0 Å². The van der Waals surface area contributed by atoms with Gasteiger partial charge in [-0.15, -0.1) is 0 Å². The first-order chi connectivity index (χ1) is 15.9. The lowest BCUT2D eigenvalue weighted by Crippen LogP contribution is -2.58. The zero-order valence-corrected chi connectivity index (χ0v) is 20.2. The zero-order chi connectivity index (χ0) is 22.7. The van der Waals surface area contributed by atoms with Crippen LogP contribution in [-0.2, 0) is 16.1 Å². The Bertz CT molecular complexity index is 877. The van der Waals surface area contributed by atoms with E-state index in [1.54, 1.807) is 0 Å². The lowest BCUT2D eigenvalue weighted by molar-refractivity contribution is -0.162. The molecule has 33 heavy (non-hydrogen) atoms. The molecule has 4 aliphatic carbocycles. The third-order valence-electron chi connectivity index (χ3n) is 9.54. The van der Waals surface area contributed by atoms with Gasteiger partial charge in [-0.25, -0.2) is 0 Å². The Morgan fingerprint density at radius 3 is 2.18 bits per heavy atom. The zero-order valence-electron chi connectivity index (χ0n) is 20.2. The van der Waals surface area contributed by atoms with Gasteiger partial charge < -0.3 is 14.3 Å². The number of carbonyl (C=O) groups is 2. The fourth-order valence-electron chi connectivity index (χ4n) is 8.23. The van der Waals surface area contributed by atoms with Crippen molar-refractivity contribution in [2.24, 2.45) is 23.2 Å². The maximum atomic E-state index is 13.9. The number of nitrogens with zero attached hydrogens (tertiary/aromatic N) is 4. The quantitative estimate of drug-likeness (QED) is 0.699. The van der Waals surface area contributed by atoms with Gasteiger partial charge >= 0.3 is 0 Å². The smallest absolute Gasteiger partial charge is 0.245 e. The molecule has 1 unspecified atom stereocenters. The summed E-state index contributed by atoms with van der Waals surface area (Å²) in [7, 11) is 0. The summed E-state index contributed by atoms with van der Waals surface area (Å²) in [6.45, 7) is 8.71. The maximum absolute atomic E-state index is 13.9. The van der Waals surface area contributed by atoms with E-state index in [4.69, 9.17) is 4.52 Å². The predicted molar refractivity (Wildman–Crippen MR) is 123 cm³/mol. The lowest BCUT2D eigenvalue weighted by Gasteiger charge is -2.56. The molecule has 6 fully saturated rings. The number of hydrogen-bond acceptors (Lipinski definition) is 5. The standard InChI is InChI=1S/C26H38N4O3/c1-17-22(18(2)33-27-17)16-28-6-8-29(9-7-28)24(31)23-4-3-5-30(23)25(32)26-13-19-10-20(14-26)12-21(11-19)15-26/h19-21,23H,3-16H2,1-2H3. The highest BCUT2D eigenvalue weighted by atomic mass is 16.5. The minimum Gasteiger partial charge on any atom is -0.361 e. The second-order valence-electron chi connectivity index (χ2n) is 11.8. The number of likely N-dealkylation sites (tertiary alicyclic amines) is 1. The Kier molecular flexibility index (Phi) is 5.31. The summed E-state index contributed by atoms with van der Waals surface area (Å²) >= 11 is 0. The Balaban J connectivity index is 1.09. The van der Waals surface area contributed by atoms with Gasteiger partial charge in [0.1, 0.15) is 11.8 Å². The highest BCUT2D eigenvalue weighted by Crippen LogP contribution is 2.60. The summed E-state index contributed by atoms with van der Waals surface area (Å²) < 4.78 is 5.31. The molecule has 0 radical (unpaired) electrons. The van der Waals surface area contributed by atoms with Crippen LogP contribution in [0.4, 0.5) is 0 Å². The van der Waals surface area contributed by atoms with Crippen molar-refractivity contribution in [1.29, 1.82) is 0 Å². The highest BCUT2D eigenvalue weighted by molar-refractivity contribution is 5.91. The minimum absolute atomic E-state index is 0.148. The lowest BCUT2D eigenvalue weighted by atomic mass is 9.49. The van der Waals surface area contributed by atoms with Crippen LogP contribution in [0.1, 0.15) is 68.4 Å². The fourth-order valence-corrected chi connectivity index (χ4v) is 8.23. The molecule has 0 N–H and O–H groups in total. The van der Waals surface area contributed by atoms with Gasteiger partial charge in [-0.3, -0.25) is 14.5 Å². The van der Waals surface area contributed by atoms with Gasteiger partial charge in [0.2, 0.25) is 11.8 Å². The van der Waals surface area contributed by atoms with Crippen LogP contribution in [-0.4, -0.2) is 70.4 Å². The second-order valence-corrected chi connectivity index (χ2v) is 11.8. The van der Waals surface area contributed by atoms with E-state index in [9.17, 15) is 9.59 Å². The summed E-state index contributed by atoms with van der Waals surface area (Å²) in [5.41, 5.74) is 1.97. The summed E-state index contributed by atoms with van der Waals surface area (Å²) in [6, 6.07) is -0.236. The van der Waals surface area contributed by atoms with Crippen LogP contribution >= 0.6 is 0 Å². The predicted octanol–water partition coefficient (Wildman–Crippen LogP) is 3.14. The first kappa shape index (κ1) is 21.6. The fraction of sp³-hybridized carbons (Fsp3) is 0.808. The van der Waals surface area contributed by atoms with E-state index in [2.05, 4.69) is 10.1 Å². The van der Waals surface area contributed by atoms with Gasteiger partial charge in [-0.1, -0.05) is 5.16 Å². The maximum Gasteiger partial charge on any atom is 0.245 e. The summed E-state index contributed by atoms with van der Waals surface area (Å²) in [5.74, 6) is 3.65. The van der Waals surface area contributed by atoms with Crippen molar-refractivity contribution in [3.05, 3.63) is 17.0 Å². The highest BCUT2D eigenvalue weighted by Gasteiger charge is 2.57. The molecule has 0 spiro atoms. The van der Waals surface area contributed by atoms with Crippen molar-refractivity contribution in [3.8, 4) is 0 Å². The molecule has 3 heterocycles. The number of amides is 2. The molecule has 7 rings (SSSR count). The van der Waals surface area contributed by atoms with Gasteiger partial charge in [0.25, 0.3) is 0 Å². The molecular formula is C26H38N4O3. The molecule has 1 aromatic heterocycles. The molecule has 6 aliphatic rings. The first-order valence-electron chi connectivity index (χ1n) is 13.2. The number of piperazine rings is 1. The van der Waals surface area contributed by atoms with Crippen LogP contribution in [0, 0.1) is 37.0 Å². The molecule has 4 saturated carbocycles. The monoisotopic (exact) mass is 454 g/mol. The molecule has 4 bridgehead atoms. The first-order valence-corrected chi connectivity index (χ1v) is 13.2. The Morgan fingerprint density at radius 1 is 0.970 bits per heavy atom. The van der Waals surface area contributed by atoms with Crippen LogP contribution in [0.15, 0.2) is 4.52 Å². The number of rotatable bonds is 4. The van der Waals surface area contributed by atoms with Gasteiger partial charge in [-0.2, -0.15) is 0 Å². The van der Waals surface area contributed by atoms with Crippen molar-refractivity contribution in [2.75, 3.05) is 32.7 Å². The molecule has 7 heteroatoms. The van der Waals surface area contributed by atoms with Gasteiger partial charge in [-0.05, 0) is 83.0 Å². The van der Waals surface area contributed by atoms with Crippen LogP contribution in [0.2, 0.25) is 0 Å². The topological polar surface area (TPSA) is 69.9 Å². The molecule has 7 nitrogen and oxygen atoms in total. The molecular weight excluding hydrogens is 416 g/mol. The molecule has 2 amide bonds. The summed E-state index contributed by atoms with van der Waals surface area (Å²) in [5, 5.41) is 4.07. The average molecular weight is 455 g/mol. The number of aryl methyl sites for hydroxylation is 2. The van der Waals surface area contributed by atoms with E-state index in [0.717, 1.165) is 106 Å². The molecule has 180 valence electrons. The van der Waals surface area contributed by atoms with Crippen molar-refractivity contribution >= 4 is 11.8 Å². The van der Waals surface area contributed by atoms with E-state index in [1.807, 2.05) is 23.6 Å². The average Bonchev–Trinajstić information content (AvgIpc) is 3.40. The number of carbonyl (C=O) groups excluding carboxylic acids is 2. The van der Waals surface area contributed by atoms with E-state index in [-0.39, 0.29) is 17.4 Å². The van der Waals surface area contributed by atoms with Gasteiger partial charge in [0.15, 0.2) is 0 Å². The third-order valence-corrected chi connectivity index (χ3v) is 9.54. The number of aromatic nitrogens is 1. The SMILES string of the molecule is Cc1noc(C)c1CN1CCN(C(=O)C2CCCN2C(=O)C23CC4CC(CC(C4)C2)C3)CC1. The van der Waals surface area contributed by atoms with Crippen LogP contribution in [0.5, 0.6) is 0 Å². The van der Waals surface area contributed by atoms with Crippen LogP contribution in [0.25, 0.3) is 0 Å². The van der Waals surface area contributed by atoms with Crippen LogP contribution in [0.3, 0.4) is 0 Å². The van der Waals surface area contributed by atoms with E-state index < -0.39 is 0 Å². The Morgan fingerprint density at radius 2 is 1.61 bits per heavy atom. The second kappa shape index (κ2) is 8.10. The normalized spacial score (nSPS) is 36.1. The minimum atomic E-state index is -0.236. The van der Waals surface area contributed by atoms with Crippen molar-refractivity contribution < 1.29 is 14.1 Å². The van der Waals surface area contributed by atoms with Crippen molar-refractivity contribution in [3.63, 3.8) is 0 Å². The van der Waals surface area contributed by atoms with E-state index in [1.165, 1.54) is 19.3 Å². The van der Waals surface area contributed by atoms with Crippen molar-refractivity contribution in [2.45, 2.75) is 77.8 Å². The Labute approximate surface area is 196 Å². The summed E-state index contributed by atoms with van der Waals surface area (Å²) in [4.78, 5) is 33.9. The molecule has 1 atom stereocenters. The van der Waals surface area contributed by atoms with Gasteiger partial charge in [0.05, 0.1) is 11.1 Å². The molecule has 2 aliphatic heterocycles. The summed E-state index contributed by atoms with van der Waals surface area (Å²) in [6.07, 6.45) is 9.05.